The van der Waals surface area contributed by atoms with Gasteiger partial charge in [-0.05, 0) is 31.0 Å². The lowest BCUT2D eigenvalue weighted by Crippen LogP contribution is -2.48. The molecule has 1 aliphatic carbocycles. The van der Waals surface area contributed by atoms with E-state index in [9.17, 15) is 13.2 Å². The zero-order chi connectivity index (χ0) is 20.4. The molecule has 154 valence electrons. The third-order valence-corrected chi connectivity index (χ3v) is 6.77. The van der Waals surface area contributed by atoms with Gasteiger partial charge in [0.05, 0.1) is 7.11 Å². The van der Waals surface area contributed by atoms with Gasteiger partial charge in [0.15, 0.2) is 12.4 Å². The van der Waals surface area contributed by atoms with Crippen LogP contribution in [0.1, 0.15) is 23.2 Å². The molecule has 0 spiro atoms. The van der Waals surface area contributed by atoms with Crippen molar-refractivity contribution < 1.29 is 22.9 Å². The van der Waals surface area contributed by atoms with E-state index < -0.39 is 10.0 Å². The van der Waals surface area contributed by atoms with Crippen LogP contribution in [0.25, 0.3) is 0 Å². The molecule has 1 aliphatic heterocycles. The number of sulfonamides is 1. The zero-order valence-corrected chi connectivity index (χ0v) is 17.1. The standard InChI is InChI=1S/C20H24N4O4S/c1-28-18-5-2-15(14-19(18)29(26,27)22-16-3-4-16)20(25)24-12-10-23(11-13-24)17-6-8-21-9-7-17/h2,5-9,14,16,22H,3-4,10-13H2,1H3/p+1. The van der Waals surface area contributed by atoms with Crippen molar-refractivity contribution in [1.29, 1.82) is 0 Å². The van der Waals surface area contributed by atoms with Crippen molar-refractivity contribution in [2.24, 2.45) is 0 Å². The Bertz CT molecular complexity index is 985. The highest BCUT2D eigenvalue weighted by Crippen LogP contribution is 2.29. The van der Waals surface area contributed by atoms with Gasteiger partial charge in [0, 0.05) is 55.6 Å². The molecule has 2 N–H and O–H groups in total. The number of piperazine rings is 1. The first-order valence-corrected chi connectivity index (χ1v) is 11.2. The maximum atomic E-state index is 13.0. The van der Waals surface area contributed by atoms with Gasteiger partial charge in [-0.2, -0.15) is 0 Å². The topological polar surface area (TPSA) is 93.1 Å². The Morgan fingerprint density at radius 1 is 1.10 bits per heavy atom. The Kier molecular flexibility index (Phi) is 5.42. The minimum Gasteiger partial charge on any atom is -0.495 e. The first-order valence-electron chi connectivity index (χ1n) is 9.68. The number of amides is 1. The molecule has 2 heterocycles. The van der Waals surface area contributed by atoms with Crippen LogP contribution < -0.4 is 19.3 Å². The number of rotatable bonds is 6. The number of H-pyrrole nitrogens is 1. The molecule has 1 aromatic carbocycles. The maximum absolute atomic E-state index is 13.0. The first-order chi connectivity index (χ1) is 14.0. The number of benzene rings is 1. The Morgan fingerprint density at radius 3 is 2.41 bits per heavy atom. The molecule has 2 aliphatic rings. The lowest BCUT2D eigenvalue weighted by atomic mass is 10.1. The zero-order valence-electron chi connectivity index (χ0n) is 16.3. The summed E-state index contributed by atoms with van der Waals surface area (Å²) in [5.74, 6) is 0.0666. The molecular weight excluding hydrogens is 392 g/mol. The summed E-state index contributed by atoms with van der Waals surface area (Å²) < 4.78 is 33.2. The molecule has 0 unspecified atom stereocenters. The molecule has 2 aromatic rings. The van der Waals surface area contributed by atoms with E-state index in [0.717, 1.165) is 31.6 Å². The number of carbonyl (C=O) groups is 1. The molecular formula is C20H25N4O4S+. The Morgan fingerprint density at radius 2 is 1.79 bits per heavy atom. The molecule has 4 rings (SSSR count). The molecule has 9 heteroatoms. The fourth-order valence-electron chi connectivity index (χ4n) is 3.44. The number of carbonyl (C=O) groups excluding carboxylic acids is 1. The average Bonchev–Trinajstić information content (AvgIpc) is 3.57. The molecule has 1 amide bonds. The lowest BCUT2D eigenvalue weighted by molar-refractivity contribution is -0.377. The van der Waals surface area contributed by atoms with E-state index in [-0.39, 0.29) is 22.6 Å². The summed E-state index contributed by atoms with van der Waals surface area (Å²) in [5.41, 5.74) is 1.46. The number of methoxy groups -OCH3 is 1. The van der Waals surface area contributed by atoms with Crippen molar-refractivity contribution in [3.05, 3.63) is 48.3 Å². The second kappa shape index (κ2) is 8.00. The molecule has 0 atom stereocenters. The van der Waals surface area contributed by atoms with Gasteiger partial charge in [0.1, 0.15) is 10.6 Å². The van der Waals surface area contributed by atoms with Crippen molar-refractivity contribution in [2.75, 3.05) is 38.2 Å². The van der Waals surface area contributed by atoms with Gasteiger partial charge in [-0.15, -0.1) is 0 Å². The van der Waals surface area contributed by atoms with Crippen molar-refractivity contribution in [3.8, 4) is 5.75 Å². The fraction of sp³-hybridized carbons (Fsp3) is 0.400. The van der Waals surface area contributed by atoms with Gasteiger partial charge in [-0.3, -0.25) is 4.79 Å². The summed E-state index contributed by atoms with van der Waals surface area (Å²) >= 11 is 0. The smallest absolute Gasteiger partial charge is 0.254 e. The summed E-state index contributed by atoms with van der Waals surface area (Å²) in [4.78, 5) is 20.0. The number of anilines is 1. The van der Waals surface area contributed by atoms with Crippen molar-refractivity contribution in [3.63, 3.8) is 0 Å². The summed E-state index contributed by atoms with van der Waals surface area (Å²) in [6.45, 7) is 2.60. The summed E-state index contributed by atoms with van der Waals surface area (Å²) in [6, 6.07) is 8.58. The van der Waals surface area contributed by atoms with E-state index in [2.05, 4.69) is 14.6 Å². The third-order valence-electron chi connectivity index (χ3n) is 5.23. The van der Waals surface area contributed by atoms with Gasteiger partial charge in [-0.1, -0.05) is 0 Å². The fourth-order valence-corrected chi connectivity index (χ4v) is 4.94. The number of nitrogens with zero attached hydrogens (tertiary/aromatic N) is 2. The van der Waals surface area contributed by atoms with E-state index in [1.165, 1.54) is 13.2 Å². The van der Waals surface area contributed by atoms with Gasteiger partial charge in [0.25, 0.3) is 5.91 Å². The van der Waals surface area contributed by atoms with E-state index in [0.29, 0.717) is 18.7 Å². The molecule has 0 radical (unpaired) electrons. The quantitative estimate of drug-likeness (QED) is 0.754. The minimum absolute atomic E-state index is 0.0110. The van der Waals surface area contributed by atoms with Crippen molar-refractivity contribution >= 4 is 21.6 Å². The number of aromatic nitrogens is 1. The van der Waals surface area contributed by atoms with Crippen LogP contribution in [0.5, 0.6) is 5.75 Å². The normalized spacial score (nSPS) is 17.3. The molecule has 1 saturated carbocycles. The number of nitrogens with one attached hydrogen (secondary N) is 2. The summed E-state index contributed by atoms with van der Waals surface area (Å²) in [5, 5.41) is 0. The summed E-state index contributed by atoms with van der Waals surface area (Å²) in [7, 11) is -2.30. The van der Waals surface area contributed by atoms with Crippen LogP contribution in [-0.4, -0.2) is 58.6 Å². The molecule has 29 heavy (non-hydrogen) atoms. The SMILES string of the molecule is COc1ccc(C(=O)N2CCN(c3cc[nH+]cc3)CC2)cc1S(=O)(=O)NC1CC1. The van der Waals surface area contributed by atoms with E-state index in [1.807, 2.05) is 24.5 Å². The highest BCUT2D eigenvalue weighted by Gasteiger charge is 2.31. The number of ether oxygens (including phenoxy) is 1. The van der Waals surface area contributed by atoms with E-state index in [4.69, 9.17) is 4.74 Å². The monoisotopic (exact) mass is 417 g/mol. The van der Waals surface area contributed by atoms with E-state index in [1.54, 1.807) is 17.0 Å². The Hall–Kier alpha value is -2.65. The van der Waals surface area contributed by atoms with Crippen molar-refractivity contribution in [1.82, 2.24) is 9.62 Å². The van der Waals surface area contributed by atoms with Crippen molar-refractivity contribution in [2.45, 2.75) is 23.8 Å². The number of pyridine rings is 1. The van der Waals surface area contributed by atoms with Crippen LogP contribution in [0.4, 0.5) is 5.69 Å². The molecule has 8 nitrogen and oxygen atoms in total. The molecule has 1 aromatic heterocycles. The second-order valence-corrected chi connectivity index (χ2v) is 8.98. The third kappa shape index (κ3) is 4.35. The second-order valence-electron chi connectivity index (χ2n) is 7.30. The van der Waals surface area contributed by atoms with Crippen LogP contribution in [-0.2, 0) is 10.0 Å². The van der Waals surface area contributed by atoms with Gasteiger partial charge < -0.3 is 14.5 Å². The first kappa shape index (κ1) is 19.7. The predicted octanol–water partition coefficient (Wildman–Crippen LogP) is 0.912. The largest absolute Gasteiger partial charge is 0.495 e. The van der Waals surface area contributed by atoms with Crippen LogP contribution in [0.15, 0.2) is 47.6 Å². The number of hydrogen-bond acceptors (Lipinski definition) is 5. The Balaban J connectivity index is 1.49. The van der Waals surface area contributed by atoms with Crippen LogP contribution in [0.2, 0.25) is 0 Å². The van der Waals surface area contributed by atoms with Crippen LogP contribution in [0, 0.1) is 0 Å². The highest BCUT2D eigenvalue weighted by molar-refractivity contribution is 7.89. The summed E-state index contributed by atoms with van der Waals surface area (Å²) in [6.07, 6.45) is 5.43. The molecule has 1 saturated heterocycles. The maximum Gasteiger partial charge on any atom is 0.254 e. The number of hydrogen-bond donors (Lipinski definition) is 1. The Labute approximate surface area is 170 Å². The van der Waals surface area contributed by atoms with E-state index >= 15 is 0 Å². The highest BCUT2D eigenvalue weighted by atomic mass is 32.2. The van der Waals surface area contributed by atoms with Gasteiger partial charge in [-0.25, -0.2) is 18.1 Å². The predicted molar refractivity (Wildman–Crippen MR) is 107 cm³/mol. The van der Waals surface area contributed by atoms with Crippen LogP contribution in [0.3, 0.4) is 0 Å². The minimum atomic E-state index is -3.73. The van der Waals surface area contributed by atoms with Gasteiger partial charge in [0.2, 0.25) is 10.0 Å². The molecule has 0 bridgehead atoms. The van der Waals surface area contributed by atoms with Crippen LogP contribution >= 0.6 is 0 Å². The molecule has 2 fully saturated rings. The average molecular weight is 418 g/mol. The van der Waals surface area contributed by atoms with Gasteiger partial charge >= 0.3 is 0 Å². The number of aromatic amines is 1. The lowest BCUT2D eigenvalue weighted by Gasteiger charge is -2.35.